The van der Waals surface area contributed by atoms with E-state index in [-0.39, 0.29) is 17.1 Å². The molecule has 1 aliphatic rings. The molecule has 1 aliphatic carbocycles. The summed E-state index contributed by atoms with van der Waals surface area (Å²) in [4.78, 5) is 26.7. The lowest BCUT2D eigenvalue weighted by molar-refractivity contribution is 0.102. The lowest BCUT2D eigenvalue weighted by Gasteiger charge is -2.12. The summed E-state index contributed by atoms with van der Waals surface area (Å²) in [6.07, 6.45) is 2.35. The highest BCUT2D eigenvalue weighted by molar-refractivity contribution is 7.99. The first-order chi connectivity index (χ1) is 17.5. The zero-order chi connectivity index (χ0) is 25.0. The van der Waals surface area contributed by atoms with Crippen LogP contribution in [0.3, 0.4) is 0 Å². The first-order valence-corrected chi connectivity index (χ1v) is 12.8. The average molecular weight is 500 g/mol. The van der Waals surface area contributed by atoms with Crippen molar-refractivity contribution in [3.05, 3.63) is 81.9 Å². The monoisotopic (exact) mass is 499 g/mol. The number of carbonyl (C=O) groups is 1. The first-order valence-electron chi connectivity index (χ1n) is 11.9. The number of benzene rings is 2. The molecule has 0 unspecified atom stereocenters. The second-order valence-corrected chi connectivity index (χ2v) is 10.0. The number of ether oxygens (including phenoxy) is 1. The highest BCUT2D eigenvalue weighted by Crippen LogP contribution is 2.38. The van der Waals surface area contributed by atoms with Gasteiger partial charge in [-0.2, -0.15) is 0 Å². The molecule has 1 fully saturated rings. The summed E-state index contributed by atoms with van der Waals surface area (Å²) in [5.41, 5.74) is 4.10. The molecule has 5 aromatic rings. The van der Waals surface area contributed by atoms with Gasteiger partial charge in [0, 0.05) is 23.0 Å². The summed E-state index contributed by atoms with van der Waals surface area (Å²) in [6, 6.07) is 17.1. The van der Waals surface area contributed by atoms with Gasteiger partial charge in [-0.3, -0.25) is 14.0 Å². The lowest BCUT2D eigenvalue weighted by Crippen LogP contribution is -2.21. The highest BCUT2D eigenvalue weighted by Gasteiger charge is 2.28. The van der Waals surface area contributed by atoms with Crippen LogP contribution in [0.2, 0.25) is 0 Å². The van der Waals surface area contributed by atoms with Crippen LogP contribution in [0, 0.1) is 13.8 Å². The number of methoxy groups -OCH3 is 1. The summed E-state index contributed by atoms with van der Waals surface area (Å²) in [5, 5.41) is 9.87. The van der Waals surface area contributed by atoms with Crippen LogP contribution in [0.4, 0.5) is 0 Å². The van der Waals surface area contributed by atoms with Crippen LogP contribution in [-0.4, -0.2) is 42.4 Å². The molecule has 0 atom stereocenters. The lowest BCUT2D eigenvalue weighted by atomic mass is 10.2. The Hall–Kier alpha value is -3.85. The van der Waals surface area contributed by atoms with Crippen LogP contribution < -0.4 is 10.3 Å². The second-order valence-electron chi connectivity index (χ2n) is 9.07. The molecule has 0 aliphatic heterocycles. The van der Waals surface area contributed by atoms with E-state index in [0.717, 1.165) is 17.0 Å². The van der Waals surface area contributed by atoms with E-state index in [4.69, 9.17) is 4.74 Å². The minimum atomic E-state index is -0.184. The van der Waals surface area contributed by atoms with Gasteiger partial charge in [0.15, 0.2) is 10.9 Å². The second kappa shape index (κ2) is 8.67. The molecule has 3 heterocycles. The summed E-state index contributed by atoms with van der Waals surface area (Å²) >= 11 is 1.33. The van der Waals surface area contributed by atoms with E-state index in [2.05, 4.69) is 21.7 Å². The Morgan fingerprint density at radius 2 is 1.83 bits per heavy atom. The van der Waals surface area contributed by atoms with Gasteiger partial charge in [0.1, 0.15) is 5.75 Å². The zero-order valence-electron chi connectivity index (χ0n) is 20.3. The minimum absolute atomic E-state index is 0.0598. The molecule has 8 nitrogen and oxygen atoms in total. The van der Waals surface area contributed by atoms with Gasteiger partial charge in [0.05, 0.1) is 29.5 Å². The Morgan fingerprint density at radius 1 is 1.08 bits per heavy atom. The van der Waals surface area contributed by atoms with Gasteiger partial charge in [0.25, 0.3) is 5.56 Å². The Bertz CT molecular complexity index is 1690. The fraction of sp³-hybridized carbons (Fsp3) is 0.259. The largest absolute Gasteiger partial charge is 0.497 e. The fourth-order valence-corrected chi connectivity index (χ4v) is 5.72. The number of para-hydroxylation sites is 1. The van der Waals surface area contributed by atoms with Crippen molar-refractivity contribution in [1.82, 2.24) is 23.7 Å². The third kappa shape index (κ3) is 3.62. The number of ketones is 1. The third-order valence-corrected chi connectivity index (χ3v) is 7.68. The molecule has 182 valence electrons. The smallest absolute Gasteiger partial charge is 0.267 e. The molecule has 0 bridgehead atoms. The molecule has 0 spiro atoms. The van der Waals surface area contributed by atoms with Crippen LogP contribution in [0.1, 0.15) is 40.6 Å². The van der Waals surface area contributed by atoms with Crippen molar-refractivity contribution >= 4 is 34.2 Å². The van der Waals surface area contributed by atoms with E-state index < -0.39 is 0 Å². The molecule has 36 heavy (non-hydrogen) atoms. The Kier molecular flexibility index (Phi) is 5.44. The topological polar surface area (TPSA) is 83.4 Å². The molecule has 1 saturated carbocycles. The maximum absolute atomic E-state index is 13.5. The number of aromatic nitrogens is 5. The van der Waals surface area contributed by atoms with Crippen LogP contribution in [-0.2, 0) is 0 Å². The number of hydrogen-bond acceptors (Lipinski definition) is 6. The van der Waals surface area contributed by atoms with E-state index in [1.54, 1.807) is 29.9 Å². The Morgan fingerprint density at radius 3 is 2.56 bits per heavy atom. The molecule has 0 N–H and O–H groups in total. The molecule has 2 aromatic carbocycles. The number of aryl methyl sites for hydroxylation is 1. The van der Waals surface area contributed by atoms with Crippen molar-refractivity contribution in [2.45, 2.75) is 37.9 Å². The zero-order valence-corrected chi connectivity index (χ0v) is 21.1. The summed E-state index contributed by atoms with van der Waals surface area (Å²) in [7, 11) is 1.60. The van der Waals surface area contributed by atoms with Gasteiger partial charge in [-0.25, -0.2) is 4.57 Å². The summed E-state index contributed by atoms with van der Waals surface area (Å²) in [6.45, 7) is 4.09. The predicted octanol–water partition coefficient (Wildman–Crippen LogP) is 4.77. The van der Waals surface area contributed by atoms with Crippen LogP contribution in [0.5, 0.6) is 5.75 Å². The number of nitrogens with zero attached hydrogens (tertiary/aromatic N) is 5. The Labute approximate surface area is 211 Å². The van der Waals surface area contributed by atoms with E-state index in [9.17, 15) is 9.59 Å². The van der Waals surface area contributed by atoms with Crippen molar-refractivity contribution in [2.75, 3.05) is 12.9 Å². The number of rotatable bonds is 7. The fourth-order valence-electron chi connectivity index (χ4n) is 4.90. The molecular weight excluding hydrogens is 474 g/mol. The van der Waals surface area contributed by atoms with Gasteiger partial charge in [-0.05, 0) is 69.2 Å². The summed E-state index contributed by atoms with van der Waals surface area (Å²) in [5.74, 6) is 1.38. The van der Waals surface area contributed by atoms with Gasteiger partial charge in [-0.1, -0.05) is 23.9 Å². The van der Waals surface area contributed by atoms with Crippen LogP contribution >= 0.6 is 11.8 Å². The predicted molar refractivity (Wildman–Crippen MR) is 140 cm³/mol. The van der Waals surface area contributed by atoms with Gasteiger partial charge < -0.3 is 9.30 Å². The van der Waals surface area contributed by atoms with E-state index in [0.29, 0.717) is 39.3 Å². The third-order valence-electron chi connectivity index (χ3n) is 6.75. The number of carbonyl (C=O) groups excluding carboxylic acids is 1. The molecule has 0 amide bonds. The number of thioether (sulfide) groups is 1. The summed E-state index contributed by atoms with van der Waals surface area (Å²) < 4.78 is 10.9. The molecule has 3 aromatic heterocycles. The minimum Gasteiger partial charge on any atom is -0.497 e. The standard InChI is InChI=1S/C27H25N5O3S/c1-16-14-22(17(2)30(16)18-8-9-18)24(33)15-36-27-29-28-26-31(19-10-12-20(35-3)13-11-19)25(34)21-6-4-5-7-23(21)32(26)27/h4-7,10-14,18H,8-9,15H2,1-3H3. The Balaban J connectivity index is 1.41. The average Bonchev–Trinajstić information content (AvgIpc) is 3.56. The van der Waals surface area contributed by atoms with Crippen molar-refractivity contribution in [1.29, 1.82) is 0 Å². The van der Waals surface area contributed by atoms with Gasteiger partial charge in [-0.15, -0.1) is 10.2 Å². The number of Topliss-reactive ketones (excluding diaryl/α,β-unsaturated/α-hetero) is 1. The van der Waals surface area contributed by atoms with Crippen molar-refractivity contribution in [3.63, 3.8) is 0 Å². The first kappa shape index (κ1) is 22.6. The molecule has 0 saturated heterocycles. The van der Waals surface area contributed by atoms with E-state index in [1.165, 1.54) is 24.6 Å². The number of hydrogen-bond donors (Lipinski definition) is 0. The highest BCUT2D eigenvalue weighted by atomic mass is 32.2. The quantitative estimate of drug-likeness (QED) is 0.237. The van der Waals surface area contributed by atoms with E-state index >= 15 is 0 Å². The van der Waals surface area contributed by atoms with Gasteiger partial charge in [0.2, 0.25) is 5.78 Å². The van der Waals surface area contributed by atoms with Crippen molar-refractivity contribution in [2.24, 2.45) is 0 Å². The maximum atomic E-state index is 13.5. The SMILES string of the molecule is COc1ccc(-n2c(=O)c3ccccc3n3c(SCC(=O)c4cc(C)n(C5CC5)c4C)nnc23)cc1. The van der Waals surface area contributed by atoms with Gasteiger partial charge >= 0.3 is 0 Å². The molecule has 9 heteroatoms. The normalized spacial score (nSPS) is 13.5. The molecule has 6 rings (SSSR count). The van der Waals surface area contributed by atoms with Crippen molar-refractivity contribution < 1.29 is 9.53 Å². The van der Waals surface area contributed by atoms with Crippen LogP contribution in [0.25, 0.3) is 22.4 Å². The maximum Gasteiger partial charge on any atom is 0.267 e. The van der Waals surface area contributed by atoms with Crippen LogP contribution in [0.15, 0.2) is 64.5 Å². The number of fused-ring (bicyclic) bond motifs is 3. The van der Waals surface area contributed by atoms with E-state index in [1.807, 2.05) is 47.7 Å². The van der Waals surface area contributed by atoms with Crippen molar-refractivity contribution in [3.8, 4) is 11.4 Å². The molecular formula is C27H25N5O3S. The molecule has 0 radical (unpaired) electrons.